The Balaban J connectivity index is 1.93. The van der Waals surface area contributed by atoms with Crippen LogP contribution < -0.4 is 0 Å². The minimum atomic E-state index is 0.561. The van der Waals surface area contributed by atoms with Gasteiger partial charge >= 0.3 is 0 Å². The molecule has 0 unspecified atom stereocenters. The Morgan fingerprint density at radius 2 is 2.06 bits per heavy atom. The SMILES string of the molecule is CN1CCC(n2cc3c(Br)cccc3n2)CC1. The van der Waals surface area contributed by atoms with E-state index >= 15 is 0 Å². The number of rotatable bonds is 1. The third kappa shape index (κ3) is 2.11. The maximum absolute atomic E-state index is 4.69. The van der Waals surface area contributed by atoms with Crippen molar-refractivity contribution in [2.75, 3.05) is 20.1 Å². The molecule has 0 aliphatic carbocycles. The van der Waals surface area contributed by atoms with E-state index in [9.17, 15) is 0 Å². The molecular weight excluding hydrogens is 278 g/mol. The summed E-state index contributed by atoms with van der Waals surface area (Å²) in [5.74, 6) is 0. The molecule has 3 rings (SSSR count). The van der Waals surface area contributed by atoms with Gasteiger partial charge in [-0.1, -0.05) is 22.0 Å². The molecule has 0 saturated carbocycles. The van der Waals surface area contributed by atoms with Gasteiger partial charge in [0.2, 0.25) is 0 Å². The summed E-state index contributed by atoms with van der Waals surface area (Å²) in [6.45, 7) is 2.34. The van der Waals surface area contributed by atoms with Crippen LogP contribution in [0.4, 0.5) is 0 Å². The molecule has 1 aliphatic rings. The van der Waals surface area contributed by atoms with Gasteiger partial charge in [-0.15, -0.1) is 0 Å². The van der Waals surface area contributed by atoms with Gasteiger partial charge in [0.15, 0.2) is 0 Å². The molecule has 0 amide bonds. The van der Waals surface area contributed by atoms with Crippen molar-refractivity contribution < 1.29 is 0 Å². The van der Waals surface area contributed by atoms with Crippen molar-refractivity contribution in [3.8, 4) is 0 Å². The van der Waals surface area contributed by atoms with E-state index in [0.29, 0.717) is 6.04 Å². The lowest BCUT2D eigenvalue weighted by Crippen LogP contribution is -2.31. The third-order valence-corrected chi connectivity index (χ3v) is 4.27. The second kappa shape index (κ2) is 4.42. The molecule has 1 aromatic carbocycles. The molecule has 3 nitrogen and oxygen atoms in total. The van der Waals surface area contributed by atoms with Gasteiger partial charge in [0, 0.05) is 16.1 Å². The van der Waals surface area contributed by atoms with E-state index in [2.05, 4.69) is 50.9 Å². The van der Waals surface area contributed by atoms with E-state index < -0.39 is 0 Å². The van der Waals surface area contributed by atoms with Crippen LogP contribution in [0.1, 0.15) is 18.9 Å². The molecule has 0 atom stereocenters. The van der Waals surface area contributed by atoms with Crippen LogP contribution in [0.2, 0.25) is 0 Å². The Bertz CT molecular complexity index is 526. The highest BCUT2D eigenvalue weighted by molar-refractivity contribution is 9.10. The van der Waals surface area contributed by atoms with Crippen molar-refractivity contribution >= 4 is 26.8 Å². The fourth-order valence-corrected chi connectivity index (χ4v) is 2.93. The fourth-order valence-electron chi connectivity index (χ4n) is 2.47. The van der Waals surface area contributed by atoms with E-state index in [1.807, 2.05) is 6.07 Å². The number of halogens is 1. The lowest BCUT2D eigenvalue weighted by Gasteiger charge is -2.28. The highest BCUT2D eigenvalue weighted by Crippen LogP contribution is 2.27. The van der Waals surface area contributed by atoms with Gasteiger partial charge in [0.1, 0.15) is 0 Å². The zero-order valence-electron chi connectivity index (χ0n) is 9.93. The van der Waals surface area contributed by atoms with Crippen molar-refractivity contribution in [2.45, 2.75) is 18.9 Å². The first-order valence-electron chi connectivity index (χ1n) is 6.06. The first-order valence-corrected chi connectivity index (χ1v) is 6.85. The molecule has 2 heterocycles. The molecule has 17 heavy (non-hydrogen) atoms. The highest BCUT2D eigenvalue weighted by Gasteiger charge is 2.19. The molecule has 90 valence electrons. The molecule has 1 saturated heterocycles. The van der Waals surface area contributed by atoms with Gasteiger partial charge in [0.05, 0.1) is 11.6 Å². The average molecular weight is 294 g/mol. The number of hydrogen-bond donors (Lipinski definition) is 0. The lowest BCUT2D eigenvalue weighted by molar-refractivity contribution is 0.213. The molecule has 0 spiro atoms. The predicted octanol–water partition coefficient (Wildman–Crippen LogP) is 3.07. The third-order valence-electron chi connectivity index (χ3n) is 3.58. The fraction of sp³-hybridized carbons (Fsp3) is 0.462. The number of aromatic nitrogens is 2. The molecule has 1 aliphatic heterocycles. The van der Waals surface area contributed by atoms with Crippen molar-refractivity contribution in [3.05, 3.63) is 28.9 Å². The Morgan fingerprint density at radius 1 is 1.29 bits per heavy atom. The molecule has 0 radical (unpaired) electrons. The Labute approximate surface area is 110 Å². The summed E-state index contributed by atoms with van der Waals surface area (Å²) in [6, 6.07) is 6.75. The van der Waals surface area contributed by atoms with Crippen LogP contribution in [-0.4, -0.2) is 34.8 Å². The van der Waals surface area contributed by atoms with E-state index in [0.717, 1.165) is 9.99 Å². The maximum Gasteiger partial charge on any atom is 0.0934 e. The molecule has 4 heteroatoms. The second-order valence-electron chi connectivity index (χ2n) is 4.82. The molecule has 0 N–H and O–H groups in total. The highest BCUT2D eigenvalue weighted by atomic mass is 79.9. The first-order chi connectivity index (χ1) is 8.24. The summed E-state index contributed by atoms with van der Waals surface area (Å²) in [6.07, 6.45) is 4.57. The minimum absolute atomic E-state index is 0.561. The molecule has 1 aromatic heterocycles. The summed E-state index contributed by atoms with van der Waals surface area (Å²) >= 11 is 3.58. The van der Waals surface area contributed by atoms with E-state index in [4.69, 9.17) is 5.10 Å². The van der Waals surface area contributed by atoms with Crippen LogP contribution in [0.3, 0.4) is 0 Å². The minimum Gasteiger partial charge on any atom is -0.306 e. The van der Waals surface area contributed by atoms with Crippen LogP contribution >= 0.6 is 15.9 Å². The monoisotopic (exact) mass is 293 g/mol. The van der Waals surface area contributed by atoms with Crippen LogP contribution in [0.25, 0.3) is 10.9 Å². The van der Waals surface area contributed by atoms with Gasteiger partial charge in [0.25, 0.3) is 0 Å². The summed E-state index contributed by atoms with van der Waals surface area (Å²) in [7, 11) is 2.19. The molecular formula is C13H16BrN3. The standard InChI is InChI=1S/C13H16BrN3/c1-16-7-5-10(6-8-16)17-9-11-12(14)3-2-4-13(11)15-17/h2-4,9-10H,5-8H2,1H3. The quantitative estimate of drug-likeness (QED) is 0.806. The van der Waals surface area contributed by atoms with Gasteiger partial charge in [-0.25, -0.2) is 0 Å². The second-order valence-corrected chi connectivity index (χ2v) is 5.67. The average Bonchev–Trinajstić information content (AvgIpc) is 2.75. The topological polar surface area (TPSA) is 21.1 Å². The number of nitrogens with zero attached hydrogens (tertiary/aromatic N) is 3. The summed E-state index contributed by atoms with van der Waals surface area (Å²) < 4.78 is 3.29. The summed E-state index contributed by atoms with van der Waals surface area (Å²) in [5, 5.41) is 5.90. The van der Waals surface area contributed by atoms with E-state index in [1.165, 1.54) is 31.3 Å². The Morgan fingerprint density at radius 3 is 2.76 bits per heavy atom. The molecule has 0 bridgehead atoms. The van der Waals surface area contributed by atoms with Crippen molar-refractivity contribution in [1.29, 1.82) is 0 Å². The Hall–Kier alpha value is -0.870. The van der Waals surface area contributed by atoms with Gasteiger partial charge in [-0.3, -0.25) is 4.68 Å². The van der Waals surface area contributed by atoms with Crippen molar-refractivity contribution in [2.24, 2.45) is 0 Å². The number of piperidine rings is 1. The van der Waals surface area contributed by atoms with Gasteiger partial charge < -0.3 is 4.90 Å². The predicted molar refractivity (Wildman–Crippen MR) is 73.2 cm³/mol. The van der Waals surface area contributed by atoms with Crippen LogP contribution in [0, 0.1) is 0 Å². The zero-order chi connectivity index (χ0) is 11.8. The molecule has 1 fully saturated rings. The maximum atomic E-state index is 4.69. The summed E-state index contributed by atoms with van der Waals surface area (Å²) in [4.78, 5) is 2.38. The number of hydrogen-bond acceptors (Lipinski definition) is 2. The van der Waals surface area contributed by atoms with Crippen molar-refractivity contribution in [3.63, 3.8) is 0 Å². The first kappa shape index (κ1) is 11.2. The van der Waals surface area contributed by atoms with Crippen LogP contribution in [0.5, 0.6) is 0 Å². The van der Waals surface area contributed by atoms with Gasteiger partial charge in [-0.05, 0) is 45.1 Å². The lowest BCUT2D eigenvalue weighted by atomic mass is 10.1. The smallest absolute Gasteiger partial charge is 0.0934 e. The van der Waals surface area contributed by atoms with Crippen LogP contribution in [-0.2, 0) is 0 Å². The number of benzene rings is 1. The van der Waals surface area contributed by atoms with Crippen molar-refractivity contribution in [1.82, 2.24) is 14.7 Å². The largest absolute Gasteiger partial charge is 0.306 e. The van der Waals surface area contributed by atoms with E-state index in [1.54, 1.807) is 0 Å². The van der Waals surface area contributed by atoms with Gasteiger partial charge in [-0.2, -0.15) is 5.10 Å². The van der Waals surface area contributed by atoms with Crippen LogP contribution in [0.15, 0.2) is 28.9 Å². The molecule has 2 aromatic rings. The Kier molecular flexibility index (Phi) is 2.92. The van der Waals surface area contributed by atoms with E-state index in [-0.39, 0.29) is 0 Å². The summed E-state index contributed by atoms with van der Waals surface area (Å²) in [5.41, 5.74) is 1.08. The number of likely N-dealkylation sites (tertiary alicyclic amines) is 1. The number of fused-ring (bicyclic) bond motifs is 1. The normalized spacial score (nSPS) is 18.9. The zero-order valence-corrected chi connectivity index (χ0v) is 11.5.